The second-order valence-electron chi connectivity index (χ2n) is 10.1. The van der Waals surface area contributed by atoms with Crippen LogP contribution in [0, 0.1) is 17.8 Å². The summed E-state index contributed by atoms with van der Waals surface area (Å²) in [6, 6.07) is 10.5. The van der Waals surface area contributed by atoms with Crippen LogP contribution in [0.25, 0.3) is 0 Å². The molecule has 0 spiro atoms. The number of fused-ring (bicyclic) bond motifs is 1. The Morgan fingerprint density at radius 3 is 2.46 bits per heavy atom. The van der Waals surface area contributed by atoms with Gasteiger partial charge in [-0.2, -0.15) is 13.2 Å². The molecule has 8 heteroatoms. The number of nitrogens with one attached hydrogen (secondary N) is 1. The molecule has 0 bridgehead atoms. The summed E-state index contributed by atoms with van der Waals surface area (Å²) in [4.78, 5) is 18.5. The van der Waals surface area contributed by atoms with Gasteiger partial charge < -0.3 is 5.32 Å². The maximum Gasteiger partial charge on any atom is 0.391 e. The van der Waals surface area contributed by atoms with Crippen molar-refractivity contribution in [3.8, 4) is 0 Å². The van der Waals surface area contributed by atoms with Crippen LogP contribution in [0.15, 0.2) is 35.2 Å². The Bertz CT molecular complexity index is 995. The topological polar surface area (TPSA) is 32.3 Å². The van der Waals surface area contributed by atoms with Crippen molar-refractivity contribution >= 4 is 29.0 Å². The third-order valence-corrected chi connectivity index (χ3v) is 9.36. The van der Waals surface area contributed by atoms with Gasteiger partial charge in [0.2, 0.25) is 0 Å². The lowest BCUT2D eigenvalue weighted by atomic mass is 9.81. The van der Waals surface area contributed by atoms with E-state index in [-0.39, 0.29) is 24.8 Å². The number of nitrogens with zero attached hydrogens (tertiary/aromatic N) is 1. The molecular weight excluding hydrogens is 489 g/mol. The van der Waals surface area contributed by atoms with Gasteiger partial charge in [-0.25, -0.2) is 0 Å². The highest BCUT2D eigenvalue weighted by atomic mass is 32.2. The zero-order valence-electron chi connectivity index (χ0n) is 20.7. The first kappa shape index (κ1) is 26.6. The molecule has 1 saturated carbocycles. The summed E-state index contributed by atoms with van der Waals surface area (Å²) < 4.78 is 39.1. The summed E-state index contributed by atoms with van der Waals surface area (Å²) in [7, 11) is 0. The van der Waals surface area contributed by atoms with Crippen LogP contribution < -0.4 is 5.32 Å². The molecule has 2 aromatic rings. The number of alkyl halides is 3. The van der Waals surface area contributed by atoms with E-state index < -0.39 is 12.1 Å². The number of benzene rings is 1. The number of hydrogen-bond acceptors (Lipinski definition) is 4. The third kappa shape index (κ3) is 6.44. The Balaban J connectivity index is 1.34. The van der Waals surface area contributed by atoms with Gasteiger partial charge in [0.1, 0.15) is 0 Å². The molecule has 1 N–H and O–H groups in total. The summed E-state index contributed by atoms with van der Waals surface area (Å²) in [5.74, 6) is 0.545. The van der Waals surface area contributed by atoms with Crippen molar-refractivity contribution in [2.75, 3.05) is 12.3 Å². The highest BCUT2D eigenvalue weighted by molar-refractivity contribution is 7.99. The predicted molar refractivity (Wildman–Crippen MR) is 138 cm³/mol. The van der Waals surface area contributed by atoms with Gasteiger partial charge in [-0.1, -0.05) is 32.9 Å². The summed E-state index contributed by atoms with van der Waals surface area (Å²) in [6.45, 7) is 8.61. The average molecular weight is 525 g/mol. The second-order valence-corrected chi connectivity index (χ2v) is 12.6. The number of amides is 1. The van der Waals surface area contributed by atoms with E-state index >= 15 is 0 Å². The highest BCUT2D eigenvalue weighted by Gasteiger charge is 2.42. The van der Waals surface area contributed by atoms with Crippen molar-refractivity contribution in [2.45, 2.75) is 76.7 Å². The van der Waals surface area contributed by atoms with Crippen LogP contribution in [0.2, 0.25) is 0 Å². The highest BCUT2D eigenvalue weighted by Crippen LogP contribution is 2.46. The molecule has 1 unspecified atom stereocenters. The molecule has 2 aliphatic rings. The second kappa shape index (κ2) is 11.3. The largest absolute Gasteiger partial charge is 0.391 e. The van der Waals surface area contributed by atoms with Crippen molar-refractivity contribution < 1.29 is 18.0 Å². The lowest BCUT2D eigenvalue weighted by molar-refractivity contribution is -0.184. The third-order valence-electron chi connectivity index (χ3n) is 7.22. The molecule has 1 atom stereocenters. The van der Waals surface area contributed by atoms with Gasteiger partial charge in [-0.3, -0.25) is 9.69 Å². The zero-order valence-corrected chi connectivity index (χ0v) is 22.3. The van der Waals surface area contributed by atoms with Crippen molar-refractivity contribution in [1.82, 2.24) is 10.2 Å². The van der Waals surface area contributed by atoms with Gasteiger partial charge >= 0.3 is 6.18 Å². The number of halogens is 3. The van der Waals surface area contributed by atoms with E-state index in [1.165, 1.54) is 15.3 Å². The maximum absolute atomic E-state index is 13.0. The molecule has 3 nitrogen and oxygen atoms in total. The van der Waals surface area contributed by atoms with Gasteiger partial charge in [-0.15, -0.1) is 23.1 Å². The molecule has 2 heterocycles. The van der Waals surface area contributed by atoms with Crippen LogP contribution in [0.4, 0.5) is 13.2 Å². The van der Waals surface area contributed by atoms with Gasteiger partial charge in [-0.05, 0) is 72.6 Å². The number of thioether (sulfide) groups is 1. The minimum atomic E-state index is -4.06. The van der Waals surface area contributed by atoms with Gasteiger partial charge in [0.05, 0.1) is 10.8 Å². The number of rotatable bonds is 8. The van der Waals surface area contributed by atoms with Crippen LogP contribution in [0.1, 0.15) is 78.2 Å². The molecule has 192 valence electrons. The Kier molecular flexibility index (Phi) is 8.54. The van der Waals surface area contributed by atoms with Crippen LogP contribution in [0.5, 0.6) is 0 Å². The molecular formula is C27H35F3N2OS2. The van der Waals surface area contributed by atoms with Crippen LogP contribution >= 0.6 is 23.1 Å². The number of hydrogen-bond donors (Lipinski definition) is 1. The molecule has 1 amide bonds. The molecule has 1 aromatic carbocycles. The van der Waals surface area contributed by atoms with E-state index in [0.29, 0.717) is 31.2 Å². The molecule has 0 radical (unpaired) electrons. The SMILES string of the molecule is CCSc1ccc(CNC(=O)c2cc3c(s2)C(C(C)C)N(C[C@H]2CC[C@H](C(F)(F)F)CC2)C3)cc1. The molecule has 35 heavy (non-hydrogen) atoms. The smallest absolute Gasteiger partial charge is 0.347 e. The van der Waals surface area contributed by atoms with Crippen molar-refractivity contribution in [1.29, 1.82) is 0 Å². The molecule has 1 fully saturated rings. The van der Waals surface area contributed by atoms with E-state index in [2.05, 4.69) is 55.3 Å². The average Bonchev–Trinajstić information content (AvgIpc) is 3.36. The fraction of sp³-hybridized carbons (Fsp3) is 0.593. The first-order valence-corrected chi connectivity index (χ1v) is 14.4. The quantitative estimate of drug-likeness (QED) is 0.360. The van der Waals surface area contributed by atoms with Gasteiger partial charge in [0.25, 0.3) is 5.91 Å². The van der Waals surface area contributed by atoms with Crippen LogP contribution in [0.3, 0.4) is 0 Å². The molecule has 1 aliphatic heterocycles. The Morgan fingerprint density at radius 2 is 1.86 bits per heavy atom. The number of carbonyl (C=O) groups excluding carboxylic acids is 1. The van der Waals surface area contributed by atoms with Crippen molar-refractivity contribution in [2.24, 2.45) is 17.8 Å². The summed E-state index contributed by atoms with van der Waals surface area (Å²) in [5, 5.41) is 3.05. The summed E-state index contributed by atoms with van der Waals surface area (Å²) >= 11 is 3.37. The number of carbonyl (C=O) groups is 1. The van der Waals surface area contributed by atoms with Gasteiger partial charge in [0.15, 0.2) is 0 Å². The lowest BCUT2D eigenvalue weighted by Gasteiger charge is -2.35. The predicted octanol–water partition coefficient (Wildman–Crippen LogP) is 7.67. The standard InChI is InChI=1S/C27H35F3N2OS2/c1-4-34-22-11-7-18(8-12-22)14-31-26(33)23-13-20-16-32(24(17(2)3)25(20)35-23)15-19-5-9-21(10-6-19)27(28,29)30/h7-8,11-13,17,19,21,24H,4-6,9-10,14-16H2,1-3H3,(H,31,33)/t19-,21-,24?. The van der Waals surface area contributed by atoms with E-state index in [1.807, 2.05) is 6.07 Å². The Labute approximate surface area is 214 Å². The van der Waals surface area contributed by atoms with Gasteiger partial charge in [0, 0.05) is 35.4 Å². The fourth-order valence-electron chi connectivity index (χ4n) is 5.46. The first-order valence-electron chi connectivity index (χ1n) is 12.6. The summed E-state index contributed by atoms with van der Waals surface area (Å²) in [6.07, 6.45) is -2.27. The van der Waals surface area contributed by atoms with E-state index in [1.54, 1.807) is 23.1 Å². The van der Waals surface area contributed by atoms with E-state index in [9.17, 15) is 18.0 Å². The van der Waals surface area contributed by atoms with E-state index in [0.717, 1.165) is 29.3 Å². The van der Waals surface area contributed by atoms with Crippen LogP contribution in [-0.2, 0) is 13.1 Å². The van der Waals surface area contributed by atoms with Crippen molar-refractivity contribution in [3.05, 3.63) is 51.2 Å². The Morgan fingerprint density at radius 1 is 1.17 bits per heavy atom. The minimum absolute atomic E-state index is 0.0454. The first-order chi connectivity index (χ1) is 16.7. The minimum Gasteiger partial charge on any atom is -0.347 e. The maximum atomic E-state index is 13.0. The molecule has 1 aliphatic carbocycles. The zero-order chi connectivity index (χ0) is 25.2. The van der Waals surface area contributed by atoms with Crippen LogP contribution in [-0.4, -0.2) is 29.3 Å². The molecule has 1 aromatic heterocycles. The van der Waals surface area contributed by atoms with E-state index in [4.69, 9.17) is 0 Å². The molecule has 0 saturated heterocycles. The Hall–Kier alpha value is -1.51. The fourth-order valence-corrected chi connectivity index (χ4v) is 7.52. The normalized spacial score (nSPS) is 23.0. The van der Waals surface area contributed by atoms with Crippen molar-refractivity contribution in [3.63, 3.8) is 0 Å². The monoisotopic (exact) mass is 524 g/mol. The molecule has 4 rings (SSSR count). The summed E-state index contributed by atoms with van der Waals surface area (Å²) in [5.41, 5.74) is 2.28. The lowest BCUT2D eigenvalue weighted by Crippen LogP contribution is -2.35. The number of thiophene rings is 1.